The first-order chi connectivity index (χ1) is 14.9. The summed E-state index contributed by atoms with van der Waals surface area (Å²) in [6, 6.07) is -0.170. The fourth-order valence-corrected chi connectivity index (χ4v) is 5.03. The van der Waals surface area contributed by atoms with Crippen molar-refractivity contribution in [3.8, 4) is 0 Å². The average Bonchev–Trinajstić information content (AvgIpc) is 3.32. The van der Waals surface area contributed by atoms with Crippen molar-refractivity contribution >= 4 is 11.9 Å². The number of hydrogen-bond acceptors (Lipinski definition) is 6. The van der Waals surface area contributed by atoms with Gasteiger partial charge in [-0.1, -0.05) is 6.92 Å². The van der Waals surface area contributed by atoms with Crippen LogP contribution in [-0.2, 0) is 6.54 Å². The standard InChI is InChI=1S/C21H27F2N7O/c1-14-9-28(10-15-8-24-6-7-25-15)11-17(14)19-26-18-12-29(13-30(18)20(31)27-19)16-2-4-21(22,23)5-3-16/h6-8,12,14,16-17H,2-5,9-11,13H2,1H3,(H,26,27,31). The highest BCUT2D eigenvalue weighted by Gasteiger charge is 2.42. The molecular weight excluding hydrogens is 404 g/mol. The summed E-state index contributed by atoms with van der Waals surface area (Å²) in [7, 11) is 0. The zero-order valence-corrected chi connectivity index (χ0v) is 17.5. The van der Waals surface area contributed by atoms with Gasteiger partial charge in [0.25, 0.3) is 0 Å². The number of aliphatic imine (C=N–C) groups is 1. The van der Waals surface area contributed by atoms with Crippen molar-refractivity contribution in [2.24, 2.45) is 16.8 Å². The van der Waals surface area contributed by atoms with Gasteiger partial charge in [0.1, 0.15) is 12.5 Å². The molecule has 2 unspecified atom stereocenters. The van der Waals surface area contributed by atoms with Crippen molar-refractivity contribution in [2.75, 3.05) is 19.8 Å². The van der Waals surface area contributed by atoms with Crippen LogP contribution in [0.5, 0.6) is 0 Å². The first-order valence-corrected chi connectivity index (χ1v) is 10.9. The van der Waals surface area contributed by atoms with Gasteiger partial charge in [-0.25, -0.2) is 18.6 Å². The number of alkyl halides is 2. The second-order valence-electron chi connectivity index (χ2n) is 9.06. The first-order valence-electron chi connectivity index (χ1n) is 10.9. The first kappa shape index (κ1) is 20.3. The molecule has 0 bridgehead atoms. The van der Waals surface area contributed by atoms with Gasteiger partial charge in [-0.15, -0.1) is 0 Å². The largest absolute Gasteiger partial charge is 0.353 e. The number of nitrogens with one attached hydrogen (secondary N) is 1. The summed E-state index contributed by atoms with van der Waals surface area (Å²) in [5.74, 6) is -0.809. The molecule has 5 rings (SSSR count). The van der Waals surface area contributed by atoms with Gasteiger partial charge in [0.15, 0.2) is 5.82 Å². The molecule has 4 aliphatic rings. The number of nitrogens with zero attached hydrogens (tertiary/aromatic N) is 6. The Morgan fingerprint density at radius 3 is 2.77 bits per heavy atom. The summed E-state index contributed by atoms with van der Waals surface area (Å²) in [5.41, 5.74) is 0.920. The smallest absolute Gasteiger partial charge is 0.329 e. The highest BCUT2D eigenvalue weighted by atomic mass is 19.3. The number of aromatic nitrogens is 2. The monoisotopic (exact) mass is 431 g/mol. The maximum absolute atomic E-state index is 13.5. The minimum atomic E-state index is -2.56. The molecule has 4 heterocycles. The van der Waals surface area contributed by atoms with E-state index in [4.69, 9.17) is 4.99 Å². The second kappa shape index (κ2) is 7.81. The number of halogens is 2. The molecule has 1 aliphatic carbocycles. The number of carbonyl (C=O) groups excluding carboxylic acids is 1. The van der Waals surface area contributed by atoms with Gasteiger partial charge >= 0.3 is 6.03 Å². The molecule has 31 heavy (non-hydrogen) atoms. The lowest BCUT2D eigenvalue weighted by molar-refractivity contribution is -0.0500. The zero-order chi connectivity index (χ0) is 21.6. The van der Waals surface area contributed by atoms with E-state index in [0.29, 0.717) is 43.6 Å². The molecule has 1 saturated heterocycles. The lowest BCUT2D eigenvalue weighted by Crippen LogP contribution is -2.50. The van der Waals surface area contributed by atoms with Crippen LogP contribution in [0.25, 0.3) is 0 Å². The Labute approximate surface area is 180 Å². The van der Waals surface area contributed by atoms with Crippen LogP contribution in [0.3, 0.4) is 0 Å². The molecule has 1 aromatic rings. The number of likely N-dealkylation sites (tertiary alicyclic amines) is 1. The third-order valence-corrected chi connectivity index (χ3v) is 6.77. The van der Waals surface area contributed by atoms with E-state index < -0.39 is 5.92 Å². The van der Waals surface area contributed by atoms with Gasteiger partial charge in [-0.2, -0.15) is 0 Å². The van der Waals surface area contributed by atoms with Crippen LogP contribution in [0.15, 0.2) is 35.6 Å². The molecule has 1 saturated carbocycles. The Bertz CT molecular complexity index is 896. The number of carbonyl (C=O) groups is 1. The van der Waals surface area contributed by atoms with Crippen LogP contribution in [0.4, 0.5) is 13.6 Å². The lowest BCUT2D eigenvalue weighted by Gasteiger charge is -2.35. The highest BCUT2D eigenvalue weighted by Crippen LogP contribution is 2.37. The number of amides is 2. The summed E-state index contributed by atoms with van der Waals surface area (Å²) in [6.45, 7) is 4.92. The Morgan fingerprint density at radius 2 is 2.03 bits per heavy atom. The Balaban J connectivity index is 1.28. The molecule has 0 spiro atoms. The average molecular weight is 431 g/mol. The fourth-order valence-electron chi connectivity index (χ4n) is 5.03. The molecule has 2 amide bonds. The summed E-state index contributed by atoms with van der Waals surface area (Å²) in [5, 5.41) is 2.98. The second-order valence-corrected chi connectivity index (χ2v) is 9.06. The van der Waals surface area contributed by atoms with Crippen molar-refractivity contribution in [2.45, 2.75) is 51.1 Å². The maximum atomic E-state index is 13.5. The third kappa shape index (κ3) is 4.13. The van der Waals surface area contributed by atoms with E-state index in [1.807, 2.05) is 11.1 Å². The molecule has 2 atom stereocenters. The third-order valence-electron chi connectivity index (χ3n) is 6.77. The number of urea groups is 1. The van der Waals surface area contributed by atoms with Crippen LogP contribution in [0.1, 0.15) is 38.3 Å². The van der Waals surface area contributed by atoms with Crippen molar-refractivity contribution in [1.82, 2.24) is 30.0 Å². The Kier molecular flexibility index (Phi) is 5.11. The van der Waals surface area contributed by atoms with Gasteiger partial charge in [0.05, 0.1) is 5.69 Å². The molecule has 1 N–H and O–H groups in total. The summed E-state index contributed by atoms with van der Waals surface area (Å²) < 4.78 is 27.0. The molecular formula is C21H27F2N7O. The SMILES string of the molecule is CC1CN(Cc2cnccn2)CC1C1=NC2=CN(C3CCC(F)(F)CC3)CN2C(=O)N1. The highest BCUT2D eigenvalue weighted by molar-refractivity contribution is 6.02. The molecule has 166 valence electrons. The number of rotatable bonds is 4. The van der Waals surface area contributed by atoms with Crippen LogP contribution >= 0.6 is 0 Å². The molecule has 8 nitrogen and oxygen atoms in total. The molecule has 1 aromatic heterocycles. The number of hydrogen-bond donors (Lipinski definition) is 1. The van der Waals surface area contributed by atoms with Gasteiger partial charge in [0.2, 0.25) is 5.92 Å². The van der Waals surface area contributed by atoms with E-state index in [2.05, 4.69) is 27.1 Å². The van der Waals surface area contributed by atoms with Crippen LogP contribution in [0, 0.1) is 11.8 Å². The minimum absolute atomic E-state index is 0.0250. The normalized spacial score (nSPS) is 28.9. The Morgan fingerprint density at radius 1 is 1.23 bits per heavy atom. The quantitative estimate of drug-likeness (QED) is 0.793. The fraction of sp³-hybridized carbons (Fsp3) is 0.619. The summed E-state index contributed by atoms with van der Waals surface area (Å²) >= 11 is 0. The van der Waals surface area contributed by atoms with Crippen LogP contribution < -0.4 is 5.32 Å². The lowest BCUT2D eigenvalue weighted by atomic mass is 9.91. The predicted molar refractivity (Wildman–Crippen MR) is 110 cm³/mol. The van der Waals surface area contributed by atoms with E-state index >= 15 is 0 Å². The van der Waals surface area contributed by atoms with E-state index in [1.165, 1.54) is 0 Å². The van der Waals surface area contributed by atoms with Gasteiger partial charge in [-0.05, 0) is 18.8 Å². The number of amidine groups is 1. The Hall–Kier alpha value is -2.62. The van der Waals surface area contributed by atoms with E-state index in [9.17, 15) is 13.6 Å². The van der Waals surface area contributed by atoms with Gasteiger partial charge < -0.3 is 4.90 Å². The molecule has 0 aromatic carbocycles. The van der Waals surface area contributed by atoms with Crippen molar-refractivity contribution in [3.63, 3.8) is 0 Å². The summed E-state index contributed by atoms with van der Waals surface area (Å²) in [6.07, 6.45) is 7.66. The predicted octanol–water partition coefficient (Wildman–Crippen LogP) is 2.62. The van der Waals surface area contributed by atoms with E-state index in [-0.39, 0.29) is 30.8 Å². The summed E-state index contributed by atoms with van der Waals surface area (Å²) in [4.78, 5) is 31.9. The van der Waals surface area contributed by atoms with Gasteiger partial charge in [0, 0.05) is 69.2 Å². The maximum Gasteiger partial charge on any atom is 0.329 e. The molecule has 3 aliphatic heterocycles. The van der Waals surface area contributed by atoms with Crippen LogP contribution in [0.2, 0.25) is 0 Å². The van der Waals surface area contributed by atoms with E-state index in [0.717, 1.165) is 18.8 Å². The molecule has 10 heteroatoms. The van der Waals surface area contributed by atoms with Crippen molar-refractivity contribution in [3.05, 3.63) is 36.3 Å². The zero-order valence-electron chi connectivity index (χ0n) is 17.5. The van der Waals surface area contributed by atoms with Crippen molar-refractivity contribution in [1.29, 1.82) is 0 Å². The van der Waals surface area contributed by atoms with Crippen molar-refractivity contribution < 1.29 is 13.6 Å². The minimum Gasteiger partial charge on any atom is -0.353 e. The van der Waals surface area contributed by atoms with Gasteiger partial charge in [-0.3, -0.25) is 25.1 Å². The molecule has 2 fully saturated rings. The molecule has 0 radical (unpaired) electrons. The van der Waals surface area contributed by atoms with E-state index in [1.54, 1.807) is 23.5 Å². The topological polar surface area (TPSA) is 77.0 Å². The number of fused-ring (bicyclic) bond motifs is 1. The van der Waals surface area contributed by atoms with Crippen LogP contribution in [-0.4, -0.2) is 68.3 Å².